The van der Waals surface area contributed by atoms with Gasteiger partial charge in [-0.2, -0.15) is 0 Å². The monoisotopic (exact) mass is 287 g/mol. The lowest BCUT2D eigenvalue weighted by atomic mass is 10.1. The number of furan rings is 1. The van der Waals surface area contributed by atoms with E-state index >= 15 is 0 Å². The molecule has 4 nitrogen and oxygen atoms in total. The molecular weight excluding hydrogens is 266 g/mol. The van der Waals surface area contributed by atoms with Crippen LogP contribution >= 0.6 is 0 Å². The fourth-order valence-electron chi connectivity index (χ4n) is 2.28. The first-order chi connectivity index (χ1) is 10.1. The fraction of sp³-hybridized carbons (Fsp3) is 0.353. The first-order valence-electron chi connectivity index (χ1n) is 7.18. The number of hydrogen-bond donors (Lipinski definition) is 1. The summed E-state index contributed by atoms with van der Waals surface area (Å²) in [4.78, 5) is 12.7. The van der Waals surface area contributed by atoms with Crippen molar-refractivity contribution in [1.82, 2.24) is 4.90 Å². The average Bonchev–Trinajstić information content (AvgIpc) is 2.87. The van der Waals surface area contributed by atoms with E-state index in [0.29, 0.717) is 6.54 Å². The maximum absolute atomic E-state index is 10.9. The van der Waals surface area contributed by atoms with E-state index in [-0.39, 0.29) is 6.54 Å². The molecule has 0 radical (unpaired) electrons. The number of carboxylic acids is 1. The van der Waals surface area contributed by atoms with Crippen LogP contribution in [0.3, 0.4) is 0 Å². The number of benzene rings is 1. The van der Waals surface area contributed by atoms with E-state index in [9.17, 15) is 4.79 Å². The topological polar surface area (TPSA) is 53.7 Å². The van der Waals surface area contributed by atoms with Crippen molar-refractivity contribution in [2.24, 2.45) is 0 Å². The molecule has 112 valence electrons. The normalized spacial score (nSPS) is 11.0. The zero-order valence-electron chi connectivity index (χ0n) is 12.5. The third-order valence-corrected chi connectivity index (χ3v) is 3.28. The van der Waals surface area contributed by atoms with E-state index in [1.807, 2.05) is 55.1 Å². The summed E-state index contributed by atoms with van der Waals surface area (Å²) in [5.41, 5.74) is 2.24. The molecule has 0 fully saturated rings. The summed E-state index contributed by atoms with van der Waals surface area (Å²) in [6.45, 7) is 5.38. The van der Waals surface area contributed by atoms with E-state index in [1.54, 1.807) is 0 Å². The summed E-state index contributed by atoms with van der Waals surface area (Å²) in [6, 6.07) is 12.0. The van der Waals surface area contributed by atoms with Gasteiger partial charge in [0.1, 0.15) is 11.5 Å². The molecule has 0 aliphatic heterocycles. The van der Waals surface area contributed by atoms with Crippen LogP contribution in [0.2, 0.25) is 0 Å². The van der Waals surface area contributed by atoms with Gasteiger partial charge >= 0.3 is 5.97 Å². The largest absolute Gasteiger partial charge is 0.480 e. The van der Waals surface area contributed by atoms with Gasteiger partial charge < -0.3 is 9.52 Å². The van der Waals surface area contributed by atoms with Crippen LogP contribution in [0.1, 0.15) is 24.7 Å². The van der Waals surface area contributed by atoms with Crippen molar-refractivity contribution >= 4 is 5.97 Å². The van der Waals surface area contributed by atoms with Gasteiger partial charge in [0.15, 0.2) is 0 Å². The quantitative estimate of drug-likeness (QED) is 0.846. The van der Waals surface area contributed by atoms with Crippen LogP contribution < -0.4 is 0 Å². The lowest BCUT2D eigenvalue weighted by molar-refractivity contribution is -0.138. The van der Waals surface area contributed by atoms with Gasteiger partial charge in [-0.1, -0.05) is 36.8 Å². The minimum atomic E-state index is -0.811. The summed E-state index contributed by atoms with van der Waals surface area (Å²) in [5.74, 6) is 0.797. The van der Waals surface area contributed by atoms with Gasteiger partial charge in [0.25, 0.3) is 0 Å². The maximum atomic E-state index is 10.9. The molecule has 0 saturated heterocycles. The Morgan fingerprint density at radius 1 is 1.19 bits per heavy atom. The number of carbonyl (C=O) groups is 1. The molecule has 4 heteroatoms. The molecule has 1 aromatic heterocycles. The van der Waals surface area contributed by atoms with Crippen LogP contribution in [0, 0.1) is 6.92 Å². The van der Waals surface area contributed by atoms with Crippen molar-refractivity contribution in [3.8, 4) is 11.3 Å². The molecule has 0 amide bonds. The second-order valence-electron chi connectivity index (χ2n) is 5.24. The third kappa shape index (κ3) is 4.46. The number of nitrogens with zero attached hydrogens (tertiary/aromatic N) is 1. The molecule has 21 heavy (non-hydrogen) atoms. The summed E-state index contributed by atoms with van der Waals surface area (Å²) in [5, 5.41) is 8.93. The number of hydrogen-bond acceptors (Lipinski definition) is 3. The van der Waals surface area contributed by atoms with Crippen molar-refractivity contribution < 1.29 is 14.3 Å². The van der Waals surface area contributed by atoms with Gasteiger partial charge in [0.05, 0.1) is 13.1 Å². The Labute approximate surface area is 125 Å². The van der Waals surface area contributed by atoms with Crippen LogP contribution in [0.15, 0.2) is 40.8 Å². The number of carboxylic acid groups (broad SMARTS) is 1. The maximum Gasteiger partial charge on any atom is 0.317 e. The minimum absolute atomic E-state index is 0.0361. The summed E-state index contributed by atoms with van der Waals surface area (Å²) in [7, 11) is 0. The van der Waals surface area contributed by atoms with Gasteiger partial charge in [-0.05, 0) is 32.0 Å². The zero-order valence-corrected chi connectivity index (χ0v) is 12.5. The summed E-state index contributed by atoms with van der Waals surface area (Å²) < 4.78 is 5.83. The Bertz CT molecular complexity index is 586. The Morgan fingerprint density at radius 2 is 1.90 bits per heavy atom. The molecule has 2 rings (SSSR count). The molecule has 0 aliphatic carbocycles. The Kier molecular flexibility index (Phi) is 5.17. The second kappa shape index (κ2) is 7.09. The van der Waals surface area contributed by atoms with Crippen LogP contribution in [-0.2, 0) is 11.3 Å². The van der Waals surface area contributed by atoms with Crippen LogP contribution in [0.25, 0.3) is 11.3 Å². The smallest absolute Gasteiger partial charge is 0.317 e. The van der Waals surface area contributed by atoms with Crippen LogP contribution in [0.4, 0.5) is 0 Å². The molecule has 0 bridgehead atoms. The van der Waals surface area contributed by atoms with Gasteiger partial charge in [-0.15, -0.1) is 0 Å². The second-order valence-corrected chi connectivity index (χ2v) is 5.24. The Morgan fingerprint density at radius 3 is 2.52 bits per heavy atom. The van der Waals surface area contributed by atoms with Gasteiger partial charge in [-0.25, -0.2) is 0 Å². The van der Waals surface area contributed by atoms with E-state index in [2.05, 4.69) is 0 Å². The van der Waals surface area contributed by atoms with Crippen molar-refractivity contribution in [2.75, 3.05) is 13.1 Å². The molecule has 1 N–H and O–H groups in total. The van der Waals surface area contributed by atoms with Crippen molar-refractivity contribution in [2.45, 2.75) is 26.8 Å². The lowest BCUT2D eigenvalue weighted by Crippen LogP contribution is -2.29. The van der Waals surface area contributed by atoms with E-state index in [4.69, 9.17) is 9.52 Å². The predicted molar refractivity (Wildman–Crippen MR) is 82.1 cm³/mol. The first kappa shape index (κ1) is 15.3. The molecule has 1 aromatic carbocycles. The SMILES string of the molecule is CCCN(CC(=O)O)Cc1ccc(-c2ccc(C)cc2)o1. The van der Waals surface area contributed by atoms with Crippen molar-refractivity contribution in [3.05, 3.63) is 47.7 Å². The Hall–Kier alpha value is -2.07. The standard InChI is InChI=1S/C17H21NO3/c1-3-10-18(12-17(19)20)11-15-8-9-16(21-15)14-6-4-13(2)5-7-14/h4-9H,3,10-12H2,1-2H3,(H,19,20). The zero-order chi connectivity index (χ0) is 15.2. The van der Waals surface area contributed by atoms with Crippen LogP contribution in [-0.4, -0.2) is 29.1 Å². The highest BCUT2D eigenvalue weighted by atomic mass is 16.4. The van der Waals surface area contributed by atoms with E-state index in [0.717, 1.165) is 30.0 Å². The number of aryl methyl sites for hydroxylation is 1. The summed E-state index contributed by atoms with van der Waals surface area (Å²) >= 11 is 0. The van der Waals surface area contributed by atoms with Gasteiger partial charge in [-0.3, -0.25) is 9.69 Å². The first-order valence-corrected chi connectivity index (χ1v) is 7.18. The van der Waals surface area contributed by atoms with Gasteiger partial charge in [0, 0.05) is 5.56 Å². The lowest BCUT2D eigenvalue weighted by Gasteiger charge is -2.17. The molecule has 2 aromatic rings. The highest BCUT2D eigenvalue weighted by molar-refractivity contribution is 5.69. The molecule has 0 atom stereocenters. The number of aliphatic carboxylic acids is 1. The molecule has 1 heterocycles. The number of rotatable bonds is 7. The molecular formula is C17H21NO3. The van der Waals surface area contributed by atoms with Gasteiger partial charge in [0.2, 0.25) is 0 Å². The Balaban J connectivity index is 2.07. The van der Waals surface area contributed by atoms with Crippen molar-refractivity contribution in [3.63, 3.8) is 0 Å². The minimum Gasteiger partial charge on any atom is -0.480 e. The average molecular weight is 287 g/mol. The predicted octanol–water partition coefficient (Wildman–Crippen LogP) is 3.55. The summed E-state index contributed by atoms with van der Waals surface area (Å²) in [6.07, 6.45) is 0.915. The highest BCUT2D eigenvalue weighted by Gasteiger charge is 2.12. The van der Waals surface area contributed by atoms with Crippen LogP contribution in [0.5, 0.6) is 0 Å². The van der Waals surface area contributed by atoms with E-state index < -0.39 is 5.97 Å². The molecule has 0 aliphatic rings. The fourth-order valence-corrected chi connectivity index (χ4v) is 2.28. The highest BCUT2D eigenvalue weighted by Crippen LogP contribution is 2.23. The van der Waals surface area contributed by atoms with E-state index in [1.165, 1.54) is 5.56 Å². The molecule has 0 spiro atoms. The van der Waals surface area contributed by atoms with Crippen molar-refractivity contribution in [1.29, 1.82) is 0 Å². The molecule has 0 saturated carbocycles. The molecule has 0 unspecified atom stereocenters. The third-order valence-electron chi connectivity index (χ3n) is 3.28.